The molecule has 2 aromatic carbocycles. The van der Waals surface area contributed by atoms with Crippen molar-refractivity contribution in [2.75, 3.05) is 57.7 Å². The quantitative estimate of drug-likeness (QED) is 0.412. The van der Waals surface area contributed by atoms with Crippen LogP contribution in [0, 0.1) is 5.82 Å². The molecule has 8 heteroatoms. The Morgan fingerprint density at radius 1 is 0.900 bits per heavy atom. The molecule has 30 heavy (non-hydrogen) atoms. The number of anilines is 1. The third-order valence-corrected chi connectivity index (χ3v) is 5.12. The van der Waals surface area contributed by atoms with E-state index in [1.165, 1.54) is 34.1 Å². The van der Waals surface area contributed by atoms with E-state index >= 15 is 0 Å². The highest BCUT2D eigenvalue weighted by molar-refractivity contribution is 5.94. The molecular formula is C22H29FN4O3+2. The van der Waals surface area contributed by atoms with Gasteiger partial charge in [0.05, 0.1) is 6.54 Å². The summed E-state index contributed by atoms with van der Waals surface area (Å²) in [5, 5.41) is 5.28. The van der Waals surface area contributed by atoms with Gasteiger partial charge < -0.3 is 25.2 Å². The number of halogens is 1. The molecular weight excluding hydrogens is 387 g/mol. The fourth-order valence-electron chi connectivity index (χ4n) is 3.42. The van der Waals surface area contributed by atoms with Gasteiger partial charge in [0.15, 0.2) is 6.54 Å². The first kappa shape index (κ1) is 21.7. The predicted molar refractivity (Wildman–Crippen MR) is 111 cm³/mol. The van der Waals surface area contributed by atoms with Crippen molar-refractivity contribution in [2.24, 2.45) is 0 Å². The Bertz CT molecular complexity index is 809. The average Bonchev–Trinajstić information content (AvgIpc) is 2.76. The molecule has 0 aliphatic carbocycles. The number of quaternary nitrogens is 2. The minimum atomic E-state index is -0.366. The van der Waals surface area contributed by atoms with Crippen LogP contribution in [0.4, 0.5) is 10.1 Å². The minimum absolute atomic E-state index is 0.0995. The molecule has 7 nitrogen and oxygen atoms in total. The van der Waals surface area contributed by atoms with Crippen LogP contribution in [0.2, 0.25) is 0 Å². The third-order valence-electron chi connectivity index (χ3n) is 5.12. The van der Waals surface area contributed by atoms with Gasteiger partial charge in [-0.1, -0.05) is 18.2 Å². The molecule has 1 fully saturated rings. The van der Waals surface area contributed by atoms with Gasteiger partial charge in [0, 0.05) is 5.69 Å². The summed E-state index contributed by atoms with van der Waals surface area (Å²) in [6, 6.07) is 15.3. The zero-order chi connectivity index (χ0) is 21.2. The summed E-state index contributed by atoms with van der Waals surface area (Å²) in [5.74, 6) is 0.0454. The van der Waals surface area contributed by atoms with E-state index in [4.69, 9.17) is 4.74 Å². The van der Waals surface area contributed by atoms with Crippen LogP contribution < -0.4 is 25.2 Å². The monoisotopic (exact) mass is 416 g/mol. The van der Waals surface area contributed by atoms with Gasteiger partial charge in [0.2, 0.25) is 5.91 Å². The van der Waals surface area contributed by atoms with Crippen LogP contribution in [0.5, 0.6) is 5.75 Å². The molecule has 2 amide bonds. The number of hydrogen-bond donors (Lipinski definition) is 4. The molecule has 0 bridgehead atoms. The van der Waals surface area contributed by atoms with Crippen LogP contribution in [0.1, 0.15) is 0 Å². The molecule has 1 heterocycles. The number of para-hydroxylation sites is 1. The van der Waals surface area contributed by atoms with Crippen LogP contribution >= 0.6 is 0 Å². The van der Waals surface area contributed by atoms with Gasteiger partial charge in [-0.3, -0.25) is 9.59 Å². The summed E-state index contributed by atoms with van der Waals surface area (Å²) in [5.41, 5.74) is 0.497. The van der Waals surface area contributed by atoms with Crippen molar-refractivity contribution in [3.8, 4) is 5.75 Å². The van der Waals surface area contributed by atoms with Gasteiger partial charge in [-0.05, 0) is 36.4 Å². The van der Waals surface area contributed by atoms with Crippen molar-refractivity contribution in [3.05, 3.63) is 60.4 Å². The minimum Gasteiger partial charge on any atom is -0.488 e. The molecule has 0 spiro atoms. The van der Waals surface area contributed by atoms with Crippen molar-refractivity contribution in [1.82, 2.24) is 5.32 Å². The molecule has 0 radical (unpaired) electrons. The number of carbonyl (C=O) groups is 2. The number of ether oxygens (including phenoxy) is 1. The SMILES string of the molecule is O=C(C[NH+]1CC[NH+](CCOc2ccccc2)CC1)NCC(=O)Nc1ccc(F)cc1. The molecule has 0 atom stereocenters. The first-order valence-electron chi connectivity index (χ1n) is 10.3. The molecule has 160 valence electrons. The molecule has 3 rings (SSSR count). The van der Waals surface area contributed by atoms with Crippen LogP contribution in [-0.4, -0.2) is 64.2 Å². The second-order valence-corrected chi connectivity index (χ2v) is 7.42. The van der Waals surface area contributed by atoms with E-state index in [0.29, 0.717) is 18.8 Å². The molecule has 0 unspecified atom stereocenters. The van der Waals surface area contributed by atoms with Crippen molar-refractivity contribution in [3.63, 3.8) is 0 Å². The molecule has 0 saturated carbocycles. The van der Waals surface area contributed by atoms with E-state index in [1.54, 1.807) is 0 Å². The number of nitrogens with one attached hydrogen (secondary N) is 4. The molecule has 0 aromatic heterocycles. The number of benzene rings is 2. The summed E-state index contributed by atoms with van der Waals surface area (Å²) in [7, 11) is 0. The number of hydrogen-bond acceptors (Lipinski definition) is 3. The third kappa shape index (κ3) is 7.46. The molecule has 1 aliphatic heterocycles. The lowest BCUT2D eigenvalue weighted by Crippen LogP contribution is -3.28. The topological polar surface area (TPSA) is 76.3 Å². The van der Waals surface area contributed by atoms with Crippen molar-refractivity contribution >= 4 is 17.5 Å². The second-order valence-electron chi connectivity index (χ2n) is 7.42. The first-order valence-corrected chi connectivity index (χ1v) is 10.3. The van der Waals surface area contributed by atoms with E-state index in [0.717, 1.165) is 38.5 Å². The number of carbonyl (C=O) groups excluding carboxylic acids is 2. The summed E-state index contributed by atoms with van der Waals surface area (Å²) < 4.78 is 18.6. The molecule has 1 aliphatic rings. The zero-order valence-corrected chi connectivity index (χ0v) is 17.0. The second kappa shape index (κ2) is 11.3. The predicted octanol–water partition coefficient (Wildman–Crippen LogP) is -1.26. The lowest BCUT2D eigenvalue weighted by atomic mass is 10.3. The van der Waals surface area contributed by atoms with E-state index in [2.05, 4.69) is 10.6 Å². The fraction of sp³-hybridized carbons (Fsp3) is 0.364. The lowest BCUT2D eigenvalue weighted by Gasteiger charge is -2.29. The maximum Gasteiger partial charge on any atom is 0.275 e. The summed E-state index contributed by atoms with van der Waals surface area (Å²) in [4.78, 5) is 26.7. The van der Waals surface area contributed by atoms with Gasteiger partial charge in [0.25, 0.3) is 5.91 Å². The normalized spacial score (nSPS) is 18.4. The van der Waals surface area contributed by atoms with Crippen LogP contribution in [-0.2, 0) is 9.59 Å². The van der Waals surface area contributed by atoms with Crippen molar-refractivity contribution < 1.29 is 28.5 Å². The Kier molecular flexibility index (Phi) is 8.17. The van der Waals surface area contributed by atoms with Gasteiger partial charge in [-0.2, -0.15) is 0 Å². The van der Waals surface area contributed by atoms with Crippen LogP contribution in [0.3, 0.4) is 0 Å². The summed E-state index contributed by atoms with van der Waals surface area (Å²) in [6.07, 6.45) is 0. The Labute approximate surface area is 175 Å². The van der Waals surface area contributed by atoms with E-state index in [-0.39, 0.29) is 24.2 Å². The Morgan fingerprint density at radius 2 is 1.57 bits per heavy atom. The standard InChI is InChI=1S/C22H27FN4O3/c23-18-6-8-19(9-7-18)25-21(28)16-24-22(29)17-27-12-10-26(11-13-27)14-15-30-20-4-2-1-3-5-20/h1-9H,10-17H2,(H,24,29)(H,25,28)/p+2. The highest BCUT2D eigenvalue weighted by Gasteiger charge is 2.24. The Morgan fingerprint density at radius 3 is 2.27 bits per heavy atom. The first-order chi connectivity index (χ1) is 14.6. The van der Waals surface area contributed by atoms with Crippen molar-refractivity contribution in [1.29, 1.82) is 0 Å². The maximum absolute atomic E-state index is 12.9. The summed E-state index contributed by atoms with van der Waals surface area (Å²) >= 11 is 0. The molecule has 4 N–H and O–H groups in total. The smallest absolute Gasteiger partial charge is 0.275 e. The van der Waals surface area contributed by atoms with Gasteiger partial charge in [-0.15, -0.1) is 0 Å². The molecule has 2 aromatic rings. The summed E-state index contributed by atoms with van der Waals surface area (Å²) in [6.45, 7) is 5.69. The largest absolute Gasteiger partial charge is 0.488 e. The van der Waals surface area contributed by atoms with E-state index in [9.17, 15) is 14.0 Å². The Balaban J connectivity index is 1.27. The van der Waals surface area contributed by atoms with Gasteiger partial charge in [0.1, 0.15) is 50.9 Å². The van der Waals surface area contributed by atoms with E-state index < -0.39 is 0 Å². The number of piperazine rings is 1. The number of rotatable bonds is 9. The van der Waals surface area contributed by atoms with Gasteiger partial charge in [-0.25, -0.2) is 4.39 Å². The molecule has 1 saturated heterocycles. The number of amides is 2. The fourth-order valence-corrected chi connectivity index (χ4v) is 3.42. The van der Waals surface area contributed by atoms with Gasteiger partial charge >= 0.3 is 0 Å². The highest BCUT2D eigenvalue weighted by atomic mass is 19.1. The zero-order valence-electron chi connectivity index (χ0n) is 17.0. The van der Waals surface area contributed by atoms with Crippen molar-refractivity contribution in [2.45, 2.75) is 0 Å². The average molecular weight is 416 g/mol. The van der Waals surface area contributed by atoms with Crippen LogP contribution in [0.15, 0.2) is 54.6 Å². The van der Waals surface area contributed by atoms with E-state index in [1.807, 2.05) is 30.3 Å². The van der Waals surface area contributed by atoms with Crippen LogP contribution in [0.25, 0.3) is 0 Å². The highest BCUT2D eigenvalue weighted by Crippen LogP contribution is 2.08. The lowest BCUT2D eigenvalue weighted by molar-refractivity contribution is -1.01. The Hall–Kier alpha value is -2.97. The maximum atomic E-state index is 12.9.